The minimum atomic E-state index is -1.29. The van der Waals surface area contributed by atoms with Gasteiger partial charge in [0.15, 0.2) is 0 Å². The van der Waals surface area contributed by atoms with E-state index in [1.54, 1.807) is 12.1 Å². The average Bonchev–Trinajstić information content (AvgIpc) is 2.27. The van der Waals surface area contributed by atoms with Crippen molar-refractivity contribution >= 4 is 33.6 Å². The summed E-state index contributed by atoms with van der Waals surface area (Å²) in [6.07, 6.45) is -0.577. The number of rotatable bonds is 5. The molecule has 0 aliphatic carbocycles. The summed E-state index contributed by atoms with van der Waals surface area (Å²) >= 11 is 3.16. The number of nitrogens with zero attached hydrogens (tertiary/aromatic N) is 1. The molecule has 1 aromatic carbocycles. The molecular formula is C11H9BrN2O4. The number of hydrogen-bond donors (Lipinski definition) is 3. The fourth-order valence-electron chi connectivity index (χ4n) is 1.32. The lowest BCUT2D eigenvalue weighted by molar-refractivity contribution is -0.144. The Bertz CT molecular complexity index is 524. The lowest BCUT2D eigenvalue weighted by atomic mass is 10.1. The molecule has 0 aliphatic rings. The summed E-state index contributed by atoms with van der Waals surface area (Å²) in [5, 5.41) is 29.0. The van der Waals surface area contributed by atoms with Gasteiger partial charge >= 0.3 is 11.9 Å². The lowest BCUT2D eigenvalue weighted by Gasteiger charge is -2.15. The fourth-order valence-corrected chi connectivity index (χ4v) is 1.78. The molecular weight excluding hydrogens is 304 g/mol. The highest BCUT2D eigenvalue weighted by Crippen LogP contribution is 2.24. The van der Waals surface area contributed by atoms with Gasteiger partial charge in [0.25, 0.3) is 0 Å². The highest BCUT2D eigenvalue weighted by atomic mass is 79.9. The first-order chi connectivity index (χ1) is 8.45. The minimum Gasteiger partial charge on any atom is -0.481 e. The van der Waals surface area contributed by atoms with Crippen molar-refractivity contribution in [1.29, 1.82) is 5.26 Å². The molecule has 1 aromatic rings. The van der Waals surface area contributed by atoms with Crippen LogP contribution >= 0.6 is 15.9 Å². The third-order valence-corrected chi connectivity index (χ3v) is 2.79. The van der Waals surface area contributed by atoms with E-state index in [0.29, 0.717) is 4.47 Å². The van der Waals surface area contributed by atoms with Crippen LogP contribution in [-0.2, 0) is 9.59 Å². The molecule has 0 heterocycles. The highest BCUT2D eigenvalue weighted by molar-refractivity contribution is 9.10. The Hall–Kier alpha value is -2.07. The second-order valence-corrected chi connectivity index (χ2v) is 4.26. The quantitative estimate of drug-likeness (QED) is 0.762. The third kappa shape index (κ3) is 3.46. The summed E-state index contributed by atoms with van der Waals surface area (Å²) in [4.78, 5) is 21.5. The Morgan fingerprint density at radius 2 is 2.11 bits per heavy atom. The minimum absolute atomic E-state index is 0.231. The predicted octanol–water partition coefficient (Wildman–Crippen LogP) is 1.66. The lowest BCUT2D eigenvalue weighted by Crippen LogP contribution is -2.32. The molecule has 1 unspecified atom stereocenters. The Morgan fingerprint density at radius 3 is 2.61 bits per heavy atom. The molecule has 0 saturated heterocycles. The predicted molar refractivity (Wildman–Crippen MR) is 66.2 cm³/mol. The maximum atomic E-state index is 10.9. The van der Waals surface area contributed by atoms with E-state index in [2.05, 4.69) is 21.2 Å². The first kappa shape index (κ1) is 14.0. The molecule has 6 nitrogen and oxygen atoms in total. The van der Waals surface area contributed by atoms with Gasteiger partial charge in [0.1, 0.15) is 12.1 Å². The van der Waals surface area contributed by atoms with Gasteiger partial charge in [0, 0.05) is 4.47 Å². The summed E-state index contributed by atoms with van der Waals surface area (Å²) in [6.45, 7) is 0. The van der Waals surface area contributed by atoms with Gasteiger partial charge in [0.05, 0.1) is 17.7 Å². The average molecular weight is 313 g/mol. The van der Waals surface area contributed by atoms with Gasteiger partial charge in [-0.1, -0.05) is 6.07 Å². The van der Waals surface area contributed by atoms with Crippen LogP contribution < -0.4 is 5.32 Å². The molecule has 0 amide bonds. The van der Waals surface area contributed by atoms with Crippen LogP contribution in [0.15, 0.2) is 22.7 Å². The van der Waals surface area contributed by atoms with E-state index in [1.165, 1.54) is 6.07 Å². The zero-order valence-electron chi connectivity index (χ0n) is 9.05. The zero-order chi connectivity index (χ0) is 13.7. The molecule has 0 fully saturated rings. The molecule has 1 atom stereocenters. The van der Waals surface area contributed by atoms with Crippen LogP contribution in [0, 0.1) is 11.3 Å². The Kier molecular flexibility index (Phi) is 4.68. The first-order valence-electron chi connectivity index (χ1n) is 4.85. The summed E-state index contributed by atoms with van der Waals surface area (Å²) in [7, 11) is 0. The summed E-state index contributed by atoms with van der Waals surface area (Å²) in [5.41, 5.74) is 0.509. The van der Waals surface area contributed by atoms with Crippen LogP contribution in [-0.4, -0.2) is 28.2 Å². The number of halogens is 1. The second kappa shape index (κ2) is 6.02. The largest absolute Gasteiger partial charge is 0.481 e. The Morgan fingerprint density at radius 1 is 1.44 bits per heavy atom. The SMILES string of the molecule is N#Cc1c(Br)cccc1NC(CC(=O)O)C(=O)O. The topological polar surface area (TPSA) is 110 Å². The summed E-state index contributed by atoms with van der Waals surface area (Å²) < 4.78 is 0.509. The molecule has 0 bridgehead atoms. The van der Waals surface area contributed by atoms with E-state index in [9.17, 15) is 9.59 Å². The first-order valence-corrected chi connectivity index (χ1v) is 5.64. The summed E-state index contributed by atoms with van der Waals surface area (Å²) in [6, 6.07) is 5.39. The smallest absolute Gasteiger partial charge is 0.326 e. The van der Waals surface area contributed by atoms with Crippen LogP contribution in [0.25, 0.3) is 0 Å². The van der Waals surface area contributed by atoms with Gasteiger partial charge in [-0.25, -0.2) is 4.79 Å². The van der Waals surface area contributed by atoms with E-state index in [4.69, 9.17) is 15.5 Å². The number of benzene rings is 1. The van der Waals surface area contributed by atoms with Crippen molar-refractivity contribution in [2.75, 3.05) is 5.32 Å². The van der Waals surface area contributed by atoms with Gasteiger partial charge < -0.3 is 15.5 Å². The van der Waals surface area contributed by atoms with Crippen LogP contribution in [0.4, 0.5) is 5.69 Å². The molecule has 0 radical (unpaired) electrons. The van der Waals surface area contributed by atoms with Gasteiger partial charge in [-0.05, 0) is 28.1 Å². The molecule has 0 spiro atoms. The fraction of sp³-hybridized carbons (Fsp3) is 0.182. The number of aliphatic carboxylic acids is 2. The number of nitriles is 1. The molecule has 0 saturated carbocycles. The molecule has 0 aromatic heterocycles. The summed E-state index contributed by atoms with van der Waals surface area (Å²) in [5.74, 6) is -2.52. The maximum absolute atomic E-state index is 10.9. The van der Waals surface area contributed by atoms with Gasteiger partial charge in [-0.2, -0.15) is 5.26 Å². The van der Waals surface area contributed by atoms with Crippen molar-refractivity contribution in [3.63, 3.8) is 0 Å². The zero-order valence-corrected chi connectivity index (χ0v) is 10.6. The van der Waals surface area contributed by atoms with E-state index < -0.39 is 24.4 Å². The van der Waals surface area contributed by atoms with E-state index in [1.807, 2.05) is 6.07 Å². The van der Waals surface area contributed by atoms with Crippen molar-refractivity contribution in [3.05, 3.63) is 28.2 Å². The Balaban J connectivity index is 3.01. The number of carbonyl (C=O) groups is 2. The van der Waals surface area contributed by atoms with Crippen molar-refractivity contribution in [2.45, 2.75) is 12.5 Å². The maximum Gasteiger partial charge on any atom is 0.326 e. The number of anilines is 1. The molecule has 0 aliphatic heterocycles. The third-order valence-electron chi connectivity index (χ3n) is 2.13. The number of carboxylic acids is 2. The molecule has 94 valence electrons. The normalized spacial score (nSPS) is 11.3. The molecule has 3 N–H and O–H groups in total. The Labute approximate surface area is 111 Å². The second-order valence-electron chi connectivity index (χ2n) is 3.41. The molecule has 18 heavy (non-hydrogen) atoms. The van der Waals surface area contributed by atoms with E-state index >= 15 is 0 Å². The van der Waals surface area contributed by atoms with Crippen LogP contribution in [0.1, 0.15) is 12.0 Å². The van der Waals surface area contributed by atoms with Crippen LogP contribution in [0.3, 0.4) is 0 Å². The highest BCUT2D eigenvalue weighted by Gasteiger charge is 2.22. The van der Waals surface area contributed by atoms with Crippen molar-refractivity contribution in [2.24, 2.45) is 0 Å². The number of nitrogens with one attached hydrogen (secondary N) is 1. The van der Waals surface area contributed by atoms with Gasteiger partial charge in [-0.3, -0.25) is 4.79 Å². The van der Waals surface area contributed by atoms with Crippen molar-refractivity contribution < 1.29 is 19.8 Å². The van der Waals surface area contributed by atoms with E-state index in [-0.39, 0.29) is 11.3 Å². The number of carboxylic acid groups (broad SMARTS) is 2. The monoisotopic (exact) mass is 312 g/mol. The van der Waals surface area contributed by atoms with Crippen LogP contribution in [0.5, 0.6) is 0 Å². The van der Waals surface area contributed by atoms with Gasteiger partial charge in [-0.15, -0.1) is 0 Å². The van der Waals surface area contributed by atoms with Crippen molar-refractivity contribution in [3.8, 4) is 6.07 Å². The molecule has 7 heteroatoms. The standard InChI is InChI=1S/C11H9BrN2O4/c12-7-2-1-3-8(6(7)5-13)14-9(11(17)18)4-10(15)16/h1-3,9,14H,4H2,(H,15,16)(H,17,18). The van der Waals surface area contributed by atoms with Crippen LogP contribution in [0.2, 0.25) is 0 Å². The molecule has 1 rings (SSSR count). The number of hydrogen-bond acceptors (Lipinski definition) is 4. The van der Waals surface area contributed by atoms with Gasteiger partial charge in [0.2, 0.25) is 0 Å². The van der Waals surface area contributed by atoms with E-state index in [0.717, 1.165) is 0 Å². The van der Waals surface area contributed by atoms with Crippen molar-refractivity contribution in [1.82, 2.24) is 0 Å².